The molecule has 1 radical (unpaired) electrons. The molecule has 2 nitrogen and oxygen atoms in total. The van der Waals surface area contributed by atoms with E-state index in [0.717, 1.165) is 0 Å². The first-order chi connectivity index (χ1) is 5.25. The van der Waals surface area contributed by atoms with E-state index in [1.807, 2.05) is 6.92 Å². The van der Waals surface area contributed by atoms with Crippen molar-refractivity contribution in [2.45, 2.75) is 19.4 Å². The molecule has 1 atom stereocenters. The van der Waals surface area contributed by atoms with Crippen molar-refractivity contribution in [3.8, 4) is 5.75 Å². The molecule has 0 bridgehead atoms. The minimum atomic E-state index is -0.795. The molecule has 1 aromatic rings. The summed E-state index contributed by atoms with van der Waals surface area (Å²) in [4.78, 5) is 0. The number of aromatic hydroxyl groups is 1. The van der Waals surface area contributed by atoms with E-state index in [-0.39, 0.29) is 5.75 Å². The first kappa shape index (κ1) is 8.08. The Bertz CT molecular complexity index is 233. The lowest BCUT2D eigenvalue weighted by molar-refractivity contribution is 0.0835. The van der Waals surface area contributed by atoms with Crippen LogP contribution in [-0.4, -0.2) is 5.11 Å². The molecular weight excluding hydrogens is 140 g/mol. The van der Waals surface area contributed by atoms with Crippen molar-refractivity contribution in [1.82, 2.24) is 0 Å². The fraction of sp³-hybridized carbons (Fsp3) is 0.333. The van der Waals surface area contributed by atoms with E-state index in [4.69, 9.17) is 0 Å². The fourth-order valence-corrected chi connectivity index (χ4v) is 0.980. The van der Waals surface area contributed by atoms with Gasteiger partial charge in [0.25, 0.3) is 0 Å². The summed E-state index contributed by atoms with van der Waals surface area (Å²) in [7, 11) is 0. The molecule has 1 unspecified atom stereocenters. The van der Waals surface area contributed by atoms with E-state index in [1.54, 1.807) is 18.2 Å². The second-order valence-corrected chi connectivity index (χ2v) is 2.46. The maximum atomic E-state index is 11.2. The van der Waals surface area contributed by atoms with Crippen molar-refractivity contribution < 1.29 is 10.2 Å². The normalized spacial score (nSPS) is 12.9. The van der Waals surface area contributed by atoms with E-state index >= 15 is 0 Å². The average Bonchev–Trinajstić information content (AvgIpc) is 2.04. The van der Waals surface area contributed by atoms with E-state index in [9.17, 15) is 10.2 Å². The summed E-state index contributed by atoms with van der Waals surface area (Å²) in [5, 5.41) is 20.4. The lowest BCUT2D eigenvalue weighted by atomic mass is 10.1. The number of rotatable bonds is 2. The summed E-state index contributed by atoms with van der Waals surface area (Å²) in [6, 6.07) is 6.67. The molecule has 0 amide bonds. The Kier molecular flexibility index (Phi) is 2.49. The molecule has 2 heteroatoms. The zero-order valence-corrected chi connectivity index (χ0v) is 6.45. The van der Waals surface area contributed by atoms with Crippen LogP contribution in [0.4, 0.5) is 0 Å². The highest BCUT2D eigenvalue weighted by Crippen LogP contribution is 2.25. The number of para-hydroxylation sites is 1. The summed E-state index contributed by atoms with van der Waals surface area (Å²) >= 11 is 0. The molecule has 59 valence electrons. The molecule has 0 heterocycles. The van der Waals surface area contributed by atoms with Gasteiger partial charge < -0.3 is 5.11 Å². The van der Waals surface area contributed by atoms with Crippen LogP contribution in [0, 0.1) is 0 Å². The predicted molar refractivity (Wildman–Crippen MR) is 41.8 cm³/mol. The van der Waals surface area contributed by atoms with Crippen LogP contribution in [0.2, 0.25) is 0 Å². The molecule has 0 fully saturated rings. The fourth-order valence-electron chi connectivity index (χ4n) is 0.980. The zero-order chi connectivity index (χ0) is 8.27. The van der Waals surface area contributed by atoms with Gasteiger partial charge in [-0.1, -0.05) is 25.1 Å². The highest BCUT2D eigenvalue weighted by Gasteiger charge is 2.09. The lowest BCUT2D eigenvalue weighted by Gasteiger charge is -2.06. The number of benzene rings is 1. The molecule has 0 aliphatic rings. The van der Waals surface area contributed by atoms with Gasteiger partial charge in [0.2, 0.25) is 0 Å². The minimum absolute atomic E-state index is 0.106. The average molecular weight is 151 g/mol. The lowest BCUT2D eigenvalue weighted by Crippen LogP contribution is -1.92. The minimum Gasteiger partial charge on any atom is -0.508 e. The topological polar surface area (TPSA) is 40.1 Å². The quantitative estimate of drug-likeness (QED) is 0.692. The van der Waals surface area contributed by atoms with E-state index < -0.39 is 6.10 Å². The molecule has 11 heavy (non-hydrogen) atoms. The monoisotopic (exact) mass is 151 g/mol. The van der Waals surface area contributed by atoms with Crippen LogP contribution in [-0.2, 0) is 5.11 Å². The Morgan fingerprint density at radius 2 is 2.09 bits per heavy atom. The van der Waals surface area contributed by atoms with Crippen LogP contribution < -0.4 is 0 Å². The summed E-state index contributed by atoms with van der Waals surface area (Å²) < 4.78 is 0. The highest BCUT2D eigenvalue weighted by molar-refractivity contribution is 5.33. The molecular formula is C9H11O2. The third-order valence-electron chi connectivity index (χ3n) is 1.65. The molecule has 0 aromatic heterocycles. The Hall–Kier alpha value is -1.02. The maximum absolute atomic E-state index is 11.2. The Labute approximate surface area is 66.1 Å². The maximum Gasteiger partial charge on any atom is 0.121 e. The Balaban J connectivity index is 2.93. The molecule has 0 spiro atoms. The van der Waals surface area contributed by atoms with Crippen LogP contribution in [0.1, 0.15) is 25.0 Å². The van der Waals surface area contributed by atoms with Gasteiger partial charge in [-0.15, -0.1) is 0 Å². The smallest absolute Gasteiger partial charge is 0.121 e. The summed E-state index contributed by atoms with van der Waals surface area (Å²) in [6.07, 6.45) is -0.284. The summed E-state index contributed by atoms with van der Waals surface area (Å²) in [5.41, 5.74) is 0.495. The van der Waals surface area contributed by atoms with E-state index in [2.05, 4.69) is 0 Å². The van der Waals surface area contributed by atoms with E-state index in [1.165, 1.54) is 6.07 Å². The first-order valence-corrected chi connectivity index (χ1v) is 3.69. The van der Waals surface area contributed by atoms with Crippen molar-refractivity contribution >= 4 is 0 Å². The SMILES string of the molecule is CCC([O])c1ccccc1O. The van der Waals surface area contributed by atoms with E-state index in [0.29, 0.717) is 12.0 Å². The van der Waals surface area contributed by atoms with Crippen LogP contribution in [0.25, 0.3) is 0 Å². The largest absolute Gasteiger partial charge is 0.508 e. The highest BCUT2D eigenvalue weighted by atomic mass is 16.3. The van der Waals surface area contributed by atoms with Crippen LogP contribution in [0.15, 0.2) is 24.3 Å². The number of phenolic OH excluding ortho intramolecular Hbond substituents is 1. The molecule has 1 N–H and O–H groups in total. The zero-order valence-electron chi connectivity index (χ0n) is 6.45. The molecule has 0 aliphatic carbocycles. The van der Waals surface area contributed by atoms with Crippen molar-refractivity contribution in [2.75, 3.05) is 0 Å². The van der Waals surface area contributed by atoms with Gasteiger partial charge >= 0.3 is 0 Å². The van der Waals surface area contributed by atoms with Gasteiger partial charge in [-0.25, -0.2) is 5.11 Å². The number of hydrogen-bond donors (Lipinski definition) is 1. The van der Waals surface area contributed by atoms with Crippen molar-refractivity contribution in [2.24, 2.45) is 0 Å². The van der Waals surface area contributed by atoms with Crippen LogP contribution >= 0.6 is 0 Å². The van der Waals surface area contributed by atoms with Gasteiger partial charge in [0, 0.05) is 5.56 Å². The Morgan fingerprint density at radius 3 is 2.64 bits per heavy atom. The van der Waals surface area contributed by atoms with Gasteiger partial charge in [0.1, 0.15) is 11.9 Å². The number of phenols is 1. The van der Waals surface area contributed by atoms with Crippen molar-refractivity contribution in [3.63, 3.8) is 0 Å². The third-order valence-corrected chi connectivity index (χ3v) is 1.65. The van der Waals surface area contributed by atoms with Crippen molar-refractivity contribution in [1.29, 1.82) is 0 Å². The molecule has 0 saturated carbocycles. The first-order valence-electron chi connectivity index (χ1n) is 3.69. The van der Waals surface area contributed by atoms with Gasteiger partial charge in [-0.05, 0) is 12.5 Å². The number of hydrogen-bond acceptors (Lipinski definition) is 1. The van der Waals surface area contributed by atoms with Gasteiger partial charge in [0.15, 0.2) is 0 Å². The van der Waals surface area contributed by atoms with Crippen LogP contribution in [0.5, 0.6) is 5.75 Å². The van der Waals surface area contributed by atoms with Gasteiger partial charge in [-0.3, -0.25) is 0 Å². The van der Waals surface area contributed by atoms with Crippen LogP contribution in [0.3, 0.4) is 0 Å². The standard InChI is InChI=1S/C9H11O2/c1-2-8(10)7-5-3-4-6-9(7)11/h3-6,8,11H,2H2,1H3. The summed E-state index contributed by atoms with van der Waals surface area (Å²) in [5.74, 6) is 0.106. The molecule has 1 rings (SSSR count). The van der Waals surface area contributed by atoms with Crippen molar-refractivity contribution in [3.05, 3.63) is 29.8 Å². The summed E-state index contributed by atoms with van der Waals surface area (Å²) in [6.45, 7) is 1.81. The second kappa shape index (κ2) is 3.39. The van der Waals surface area contributed by atoms with Gasteiger partial charge in [-0.2, -0.15) is 0 Å². The molecule has 0 saturated heterocycles. The second-order valence-electron chi connectivity index (χ2n) is 2.46. The third kappa shape index (κ3) is 1.71. The predicted octanol–water partition coefficient (Wildman–Crippen LogP) is 2.27. The Morgan fingerprint density at radius 1 is 1.45 bits per heavy atom. The molecule has 1 aromatic carbocycles. The molecule has 0 aliphatic heterocycles. The van der Waals surface area contributed by atoms with Gasteiger partial charge in [0.05, 0.1) is 0 Å².